The van der Waals surface area contributed by atoms with E-state index in [9.17, 15) is 4.79 Å². The van der Waals surface area contributed by atoms with Crippen molar-refractivity contribution in [3.8, 4) is 0 Å². The third-order valence-corrected chi connectivity index (χ3v) is 2.88. The van der Waals surface area contributed by atoms with Gasteiger partial charge >= 0.3 is 0 Å². The van der Waals surface area contributed by atoms with E-state index in [0.29, 0.717) is 0 Å². The lowest BCUT2D eigenvalue weighted by molar-refractivity contribution is -0.123. The molecule has 0 spiro atoms. The average molecular weight is 200 g/mol. The Kier molecular flexibility index (Phi) is 4.35. The van der Waals surface area contributed by atoms with E-state index >= 15 is 0 Å². The van der Waals surface area contributed by atoms with Crippen LogP contribution < -0.4 is 11.1 Å². The predicted molar refractivity (Wildman–Crippen MR) is 54.6 cm³/mol. The van der Waals surface area contributed by atoms with Gasteiger partial charge in [0, 0.05) is 18.6 Å². The number of aliphatic hydroxyl groups is 1. The standard InChI is InChI=1S/C10H20N2O2/c1-7(11)10(14)12-9-5-3-2-4-8(9)6-13/h7-9,13H,2-6,11H2,1H3,(H,12,14)/t7-,8?,9?/m0/s1. The molecule has 0 saturated heterocycles. The first-order valence-corrected chi connectivity index (χ1v) is 5.32. The molecule has 0 aliphatic heterocycles. The van der Waals surface area contributed by atoms with Gasteiger partial charge in [-0.3, -0.25) is 4.79 Å². The molecular formula is C10H20N2O2. The van der Waals surface area contributed by atoms with Gasteiger partial charge in [-0.2, -0.15) is 0 Å². The molecule has 1 aliphatic carbocycles. The summed E-state index contributed by atoms with van der Waals surface area (Å²) in [6.07, 6.45) is 4.24. The van der Waals surface area contributed by atoms with Crippen molar-refractivity contribution in [2.24, 2.45) is 11.7 Å². The number of nitrogens with one attached hydrogen (secondary N) is 1. The van der Waals surface area contributed by atoms with Crippen LogP contribution in [-0.4, -0.2) is 29.7 Å². The molecule has 0 aromatic carbocycles. The van der Waals surface area contributed by atoms with Crippen LogP contribution in [0.25, 0.3) is 0 Å². The number of hydrogen-bond donors (Lipinski definition) is 3. The van der Waals surface area contributed by atoms with Crippen molar-refractivity contribution in [2.75, 3.05) is 6.61 Å². The van der Waals surface area contributed by atoms with Crippen LogP contribution in [-0.2, 0) is 4.79 Å². The number of carbonyl (C=O) groups excluding carboxylic acids is 1. The summed E-state index contributed by atoms with van der Waals surface area (Å²) in [5.74, 6) is 0.0989. The minimum absolute atomic E-state index is 0.115. The molecule has 3 atom stereocenters. The molecule has 0 heterocycles. The van der Waals surface area contributed by atoms with Crippen LogP contribution in [0.5, 0.6) is 0 Å². The lowest BCUT2D eigenvalue weighted by Crippen LogP contribution is -2.48. The molecule has 4 N–H and O–H groups in total. The van der Waals surface area contributed by atoms with Gasteiger partial charge in [0.2, 0.25) is 5.91 Å². The molecule has 1 saturated carbocycles. The second kappa shape index (κ2) is 5.32. The normalized spacial score (nSPS) is 29.6. The Morgan fingerprint density at radius 1 is 1.57 bits per heavy atom. The highest BCUT2D eigenvalue weighted by Gasteiger charge is 2.26. The van der Waals surface area contributed by atoms with Gasteiger partial charge in [0.25, 0.3) is 0 Å². The van der Waals surface area contributed by atoms with Gasteiger partial charge in [-0.1, -0.05) is 12.8 Å². The summed E-state index contributed by atoms with van der Waals surface area (Å²) in [7, 11) is 0. The maximum atomic E-state index is 11.4. The fourth-order valence-corrected chi connectivity index (χ4v) is 1.93. The Bertz CT molecular complexity index is 195. The van der Waals surface area contributed by atoms with E-state index in [-0.39, 0.29) is 24.5 Å². The van der Waals surface area contributed by atoms with Crippen LogP contribution in [0.3, 0.4) is 0 Å². The minimum atomic E-state index is -0.462. The molecule has 0 radical (unpaired) electrons. The highest BCUT2D eigenvalue weighted by atomic mass is 16.3. The first kappa shape index (κ1) is 11.5. The van der Waals surface area contributed by atoms with Crippen molar-refractivity contribution >= 4 is 5.91 Å². The molecule has 0 bridgehead atoms. The number of amides is 1. The second-order valence-corrected chi connectivity index (χ2v) is 4.13. The van der Waals surface area contributed by atoms with Crippen LogP contribution >= 0.6 is 0 Å². The summed E-state index contributed by atoms with van der Waals surface area (Å²) in [4.78, 5) is 11.4. The molecule has 0 aromatic heterocycles. The zero-order valence-electron chi connectivity index (χ0n) is 8.70. The lowest BCUT2D eigenvalue weighted by atomic mass is 9.85. The van der Waals surface area contributed by atoms with Gasteiger partial charge in [-0.05, 0) is 19.8 Å². The Morgan fingerprint density at radius 3 is 2.79 bits per heavy atom. The first-order valence-electron chi connectivity index (χ1n) is 5.32. The fourth-order valence-electron chi connectivity index (χ4n) is 1.93. The van der Waals surface area contributed by atoms with E-state index in [1.807, 2.05) is 0 Å². The lowest BCUT2D eigenvalue weighted by Gasteiger charge is -2.31. The molecule has 1 amide bonds. The van der Waals surface area contributed by atoms with Crippen molar-refractivity contribution in [3.63, 3.8) is 0 Å². The van der Waals surface area contributed by atoms with Gasteiger partial charge in [0.1, 0.15) is 0 Å². The SMILES string of the molecule is C[C@H](N)C(=O)NC1CCCCC1CO. The van der Waals surface area contributed by atoms with E-state index in [1.165, 1.54) is 0 Å². The third kappa shape index (κ3) is 2.96. The zero-order chi connectivity index (χ0) is 10.6. The predicted octanol–water partition coefficient (Wildman–Crippen LogP) is 0.000900. The van der Waals surface area contributed by atoms with Crippen molar-refractivity contribution in [2.45, 2.75) is 44.7 Å². The number of rotatable bonds is 3. The van der Waals surface area contributed by atoms with Gasteiger partial charge in [0.15, 0.2) is 0 Å². The van der Waals surface area contributed by atoms with E-state index in [0.717, 1.165) is 25.7 Å². The molecule has 0 aromatic rings. The number of hydrogen-bond acceptors (Lipinski definition) is 3. The average Bonchev–Trinajstić information content (AvgIpc) is 2.18. The highest BCUT2D eigenvalue weighted by Crippen LogP contribution is 2.23. The van der Waals surface area contributed by atoms with Gasteiger partial charge in [-0.25, -0.2) is 0 Å². The topological polar surface area (TPSA) is 75.4 Å². The van der Waals surface area contributed by atoms with E-state index in [4.69, 9.17) is 10.8 Å². The summed E-state index contributed by atoms with van der Waals surface area (Å²) in [6.45, 7) is 1.83. The monoisotopic (exact) mass is 200 g/mol. The zero-order valence-corrected chi connectivity index (χ0v) is 8.70. The molecular weight excluding hydrogens is 180 g/mol. The maximum Gasteiger partial charge on any atom is 0.236 e. The Hall–Kier alpha value is -0.610. The molecule has 82 valence electrons. The van der Waals surface area contributed by atoms with Gasteiger partial charge in [-0.15, -0.1) is 0 Å². The Morgan fingerprint density at radius 2 is 2.21 bits per heavy atom. The van der Waals surface area contributed by atoms with Crippen molar-refractivity contribution in [1.29, 1.82) is 0 Å². The second-order valence-electron chi connectivity index (χ2n) is 4.13. The molecule has 1 rings (SSSR count). The summed E-state index contributed by atoms with van der Waals surface area (Å²) in [6, 6.07) is -0.344. The number of aliphatic hydroxyl groups excluding tert-OH is 1. The quantitative estimate of drug-likeness (QED) is 0.600. The largest absolute Gasteiger partial charge is 0.396 e. The van der Waals surface area contributed by atoms with Crippen LogP contribution in [0.1, 0.15) is 32.6 Å². The highest BCUT2D eigenvalue weighted by molar-refractivity contribution is 5.81. The molecule has 4 nitrogen and oxygen atoms in total. The smallest absolute Gasteiger partial charge is 0.236 e. The van der Waals surface area contributed by atoms with Gasteiger partial charge in [0.05, 0.1) is 6.04 Å². The Labute approximate surface area is 84.9 Å². The van der Waals surface area contributed by atoms with E-state index < -0.39 is 6.04 Å². The van der Waals surface area contributed by atoms with Crippen LogP contribution in [0.4, 0.5) is 0 Å². The Balaban J connectivity index is 2.44. The van der Waals surface area contributed by atoms with Crippen LogP contribution in [0.15, 0.2) is 0 Å². The maximum absolute atomic E-state index is 11.4. The summed E-state index contributed by atoms with van der Waals surface area (Å²) in [5.41, 5.74) is 5.47. The van der Waals surface area contributed by atoms with Gasteiger partial charge < -0.3 is 16.2 Å². The molecule has 2 unspecified atom stereocenters. The molecule has 4 heteroatoms. The van der Waals surface area contributed by atoms with Crippen molar-refractivity contribution < 1.29 is 9.90 Å². The number of carbonyl (C=O) groups is 1. The molecule has 1 aliphatic rings. The van der Waals surface area contributed by atoms with E-state index in [2.05, 4.69) is 5.32 Å². The summed E-state index contributed by atoms with van der Waals surface area (Å²) < 4.78 is 0. The molecule has 14 heavy (non-hydrogen) atoms. The van der Waals surface area contributed by atoms with Crippen LogP contribution in [0, 0.1) is 5.92 Å². The fraction of sp³-hybridized carbons (Fsp3) is 0.900. The first-order chi connectivity index (χ1) is 6.65. The number of nitrogens with two attached hydrogens (primary N) is 1. The van der Waals surface area contributed by atoms with Crippen molar-refractivity contribution in [1.82, 2.24) is 5.32 Å². The summed E-state index contributed by atoms with van der Waals surface area (Å²) in [5, 5.41) is 12.0. The summed E-state index contributed by atoms with van der Waals surface area (Å²) >= 11 is 0. The van der Waals surface area contributed by atoms with Crippen LogP contribution in [0.2, 0.25) is 0 Å². The third-order valence-electron chi connectivity index (χ3n) is 2.88. The molecule has 1 fully saturated rings. The minimum Gasteiger partial charge on any atom is -0.396 e. The van der Waals surface area contributed by atoms with Crippen molar-refractivity contribution in [3.05, 3.63) is 0 Å². The van der Waals surface area contributed by atoms with E-state index in [1.54, 1.807) is 6.92 Å².